The molecule has 0 bridgehead atoms. The van der Waals surface area contributed by atoms with Crippen molar-refractivity contribution in [3.05, 3.63) is 35.4 Å². The van der Waals surface area contributed by atoms with E-state index >= 15 is 0 Å². The van der Waals surface area contributed by atoms with Crippen LogP contribution in [0.2, 0.25) is 0 Å². The average molecular weight is 246 g/mol. The molecular weight excluding hydrogens is 220 g/mol. The van der Waals surface area contributed by atoms with Crippen molar-refractivity contribution in [2.75, 3.05) is 13.1 Å². The van der Waals surface area contributed by atoms with Crippen LogP contribution < -0.4 is 5.73 Å². The lowest BCUT2D eigenvalue weighted by molar-refractivity contribution is 0.162. The maximum Gasteiger partial charge on any atom is 0.0239 e. The van der Waals surface area contributed by atoms with E-state index in [-0.39, 0.29) is 0 Å². The van der Waals surface area contributed by atoms with E-state index in [1.54, 1.807) is 0 Å². The van der Waals surface area contributed by atoms with E-state index in [4.69, 9.17) is 5.73 Å². The van der Waals surface area contributed by atoms with Gasteiger partial charge in [0.15, 0.2) is 0 Å². The molecule has 0 saturated heterocycles. The summed E-state index contributed by atoms with van der Waals surface area (Å²) in [5, 5.41) is 0. The first-order valence-electron chi connectivity index (χ1n) is 7.24. The molecule has 0 spiro atoms. The van der Waals surface area contributed by atoms with Crippen molar-refractivity contribution in [1.29, 1.82) is 0 Å². The zero-order valence-corrected chi connectivity index (χ0v) is 11.7. The van der Waals surface area contributed by atoms with Crippen LogP contribution >= 0.6 is 0 Å². The second kappa shape index (κ2) is 6.35. The molecule has 0 heterocycles. The first-order valence-corrected chi connectivity index (χ1v) is 7.24. The third-order valence-electron chi connectivity index (χ3n) is 4.43. The van der Waals surface area contributed by atoms with Gasteiger partial charge in [0.1, 0.15) is 0 Å². The van der Waals surface area contributed by atoms with Crippen LogP contribution in [0, 0.1) is 12.8 Å². The SMILES string of the molecule is CCN(Cc1ccccc1C)C1CCCC1CN. The highest BCUT2D eigenvalue weighted by atomic mass is 15.2. The second-order valence-electron chi connectivity index (χ2n) is 5.48. The number of benzene rings is 1. The molecule has 0 amide bonds. The van der Waals surface area contributed by atoms with Gasteiger partial charge in [-0.3, -0.25) is 4.90 Å². The predicted octanol–water partition coefficient (Wildman–Crippen LogP) is 2.94. The molecule has 100 valence electrons. The molecule has 0 aliphatic heterocycles. The molecule has 0 aromatic heterocycles. The first-order chi connectivity index (χ1) is 8.76. The molecule has 1 aliphatic carbocycles. The molecule has 1 aromatic carbocycles. The summed E-state index contributed by atoms with van der Waals surface area (Å²) in [6.45, 7) is 7.51. The number of aryl methyl sites for hydroxylation is 1. The summed E-state index contributed by atoms with van der Waals surface area (Å²) in [4.78, 5) is 2.62. The van der Waals surface area contributed by atoms with E-state index in [9.17, 15) is 0 Å². The van der Waals surface area contributed by atoms with Crippen LogP contribution in [0.5, 0.6) is 0 Å². The molecule has 18 heavy (non-hydrogen) atoms. The summed E-state index contributed by atoms with van der Waals surface area (Å²) in [7, 11) is 0. The van der Waals surface area contributed by atoms with Gasteiger partial charge >= 0.3 is 0 Å². The minimum Gasteiger partial charge on any atom is -0.330 e. The van der Waals surface area contributed by atoms with Gasteiger partial charge in [0.25, 0.3) is 0 Å². The van der Waals surface area contributed by atoms with Crippen molar-refractivity contribution in [3.8, 4) is 0 Å². The number of rotatable bonds is 5. The van der Waals surface area contributed by atoms with Crippen LogP contribution in [0.15, 0.2) is 24.3 Å². The molecule has 1 aliphatic rings. The Bertz CT molecular complexity index is 375. The Balaban J connectivity index is 2.07. The predicted molar refractivity (Wildman–Crippen MR) is 77.4 cm³/mol. The summed E-state index contributed by atoms with van der Waals surface area (Å²) in [6, 6.07) is 9.42. The lowest BCUT2D eigenvalue weighted by Gasteiger charge is -2.32. The fraction of sp³-hybridized carbons (Fsp3) is 0.625. The largest absolute Gasteiger partial charge is 0.330 e. The van der Waals surface area contributed by atoms with Gasteiger partial charge in [-0.25, -0.2) is 0 Å². The molecule has 0 radical (unpaired) electrons. The van der Waals surface area contributed by atoms with E-state index < -0.39 is 0 Å². The standard InChI is InChI=1S/C16H26N2/c1-3-18(16-10-6-9-14(16)11-17)12-15-8-5-4-7-13(15)2/h4-5,7-8,14,16H,3,6,9-12,17H2,1-2H3. The Labute approximate surface area is 111 Å². The summed E-state index contributed by atoms with van der Waals surface area (Å²) < 4.78 is 0. The molecule has 2 atom stereocenters. The topological polar surface area (TPSA) is 29.3 Å². The van der Waals surface area contributed by atoms with Crippen LogP contribution in [-0.2, 0) is 6.54 Å². The van der Waals surface area contributed by atoms with Crippen LogP contribution in [0.3, 0.4) is 0 Å². The molecule has 2 N–H and O–H groups in total. The zero-order valence-electron chi connectivity index (χ0n) is 11.7. The molecule has 2 nitrogen and oxygen atoms in total. The van der Waals surface area contributed by atoms with Gasteiger partial charge in [0.05, 0.1) is 0 Å². The van der Waals surface area contributed by atoms with Crippen LogP contribution in [0.4, 0.5) is 0 Å². The van der Waals surface area contributed by atoms with E-state index in [1.807, 2.05) is 0 Å². The van der Waals surface area contributed by atoms with Gasteiger partial charge in [0.2, 0.25) is 0 Å². The molecule has 2 heteroatoms. The second-order valence-corrected chi connectivity index (χ2v) is 5.48. The number of hydrogen-bond donors (Lipinski definition) is 1. The van der Waals surface area contributed by atoms with Crippen molar-refractivity contribution in [2.45, 2.75) is 45.7 Å². The van der Waals surface area contributed by atoms with Gasteiger partial charge in [-0.1, -0.05) is 37.6 Å². The molecule has 1 saturated carbocycles. The summed E-state index contributed by atoms with van der Waals surface area (Å²) in [5.74, 6) is 0.703. The average Bonchev–Trinajstić information content (AvgIpc) is 2.86. The fourth-order valence-corrected chi connectivity index (χ4v) is 3.24. The Morgan fingerprint density at radius 1 is 1.28 bits per heavy atom. The van der Waals surface area contributed by atoms with E-state index in [0.717, 1.165) is 19.6 Å². The quantitative estimate of drug-likeness (QED) is 0.865. The third-order valence-corrected chi connectivity index (χ3v) is 4.43. The molecule has 2 unspecified atom stereocenters. The Hall–Kier alpha value is -0.860. The fourth-order valence-electron chi connectivity index (χ4n) is 3.24. The van der Waals surface area contributed by atoms with Crippen molar-refractivity contribution in [3.63, 3.8) is 0 Å². The van der Waals surface area contributed by atoms with Crippen molar-refractivity contribution in [2.24, 2.45) is 11.7 Å². The van der Waals surface area contributed by atoms with Crippen LogP contribution in [0.1, 0.15) is 37.3 Å². The normalized spacial score (nSPS) is 23.8. The smallest absolute Gasteiger partial charge is 0.0239 e. The number of hydrogen-bond acceptors (Lipinski definition) is 2. The minimum absolute atomic E-state index is 0.694. The lowest BCUT2D eigenvalue weighted by atomic mass is 10.0. The number of nitrogens with zero attached hydrogens (tertiary/aromatic N) is 1. The van der Waals surface area contributed by atoms with Crippen molar-refractivity contribution < 1.29 is 0 Å². The van der Waals surface area contributed by atoms with Crippen molar-refractivity contribution in [1.82, 2.24) is 4.90 Å². The Morgan fingerprint density at radius 2 is 2.06 bits per heavy atom. The van der Waals surface area contributed by atoms with Crippen molar-refractivity contribution >= 4 is 0 Å². The Kier molecular flexibility index (Phi) is 4.79. The number of nitrogens with two attached hydrogens (primary N) is 1. The minimum atomic E-state index is 0.694. The van der Waals surface area contributed by atoms with E-state index in [1.165, 1.54) is 30.4 Å². The summed E-state index contributed by atoms with van der Waals surface area (Å²) >= 11 is 0. The Morgan fingerprint density at radius 3 is 2.72 bits per heavy atom. The van der Waals surface area contributed by atoms with Gasteiger partial charge < -0.3 is 5.73 Å². The maximum atomic E-state index is 5.91. The highest BCUT2D eigenvalue weighted by Crippen LogP contribution is 2.30. The lowest BCUT2D eigenvalue weighted by Crippen LogP contribution is -2.39. The summed E-state index contributed by atoms with van der Waals surface area (Å²) in [5.41, 5.74) is 8.77. The highest BCUT2D eigenvalue weighted by Gasteiger charge is 2.30. The van der Waals surface area contributed by atoms with Crippen LogP contribution in [-0.4, -0.2) is 24.0 Å². The summed E-state index contributed by atoms with van der Waals surface area (Å²) in [6.07, 6.45) is 3.98. The highest BCUT2D eigenvalue weighted by molar-refractivity contribution is 5.25. The molecule has 2 rings (SSSR count). The van der Waals surface area contributed by atoms with E-state index in [2.05, 4.69) is 43.0 Å². The molecular formula is C16H26N2. The zero-order chi connectivity index (χ0) is 13.0. The van der Waals surface area contributed by atoms with Gasteiger partial charge in [0, 0.05) is 12.6 Å². The van der Waals surface area contributed by atoms with Gasteiger partial charge in [-0.2, -0.15) is 0 Å². The molecule has 1 aromatic rings. The molecule has 1 fully saturated rings. The maximum absolute atomic E-state index is 5.91. The van der Waals surface area contributed by atoms with Crippen LogP contribution in [0.25, 0.3) is 0 Å². The van der Waals surface area contributed by atoms with Gasteiger partial charge in [-0.15, -0.1) is 0 Å². The van der Waals surface area contributed by atoms with E-state index in [0.29, 0.717) is 12.0 Å². The third kappa shape index (κ3) is 2.93. The first kappa shape index (κ1) is 13.6. The van der Waals surface area contributed by atoms with Gasteiger partial charge in [-0.05, 0) is 49.9 Å². The monoisotopic (exact) mass is 246 g/mol.